The van der Waals surface area contributed by atoms with Crippen LogP contribution in [0.25, 0.3) is 21.7 Å². The number of quaternary nitrogens is 1. The topological polar surface area (TPSA) is 58.9 Å². The Labute approximate surface area is 148 Å². The number of hydrogen-bond acceptors (Lipinski definition) is 2. The van der Waals surface area contributed by atoms with Gasteiger partial charge in [0.1, 0.15) is 5.58 Å². The number of fused-ring (bicyclic) bond motifs is 3. The second-order valence-electron chi connectivity index (χ2n) is 7.69. The minimum absolute atomic E-state index is 0.131. The number of rotatable bonds is 5. The Morgan fingerprint density at radius 3 is 2.64 bits per heavy atom. The van der Waals surface area contributed by atoms with Crippen molar-refractivity contribution in [3.05, 3.63) is 47.7 Å². The number of nitrogens with one attached hydrogen (secondary N) is 1. The normalized spacial score (nSPS) is 12.0. The molecule has 0 spiro atoms. The second-order valence-corrected chi connectivity index (χ2v) is 7.69. The van der Waals surface area contributed by atoms with Crippen molar-refractivity contribution in [1.29, 1.82) is 0 Å². The zero-order chi connectivity index (χ0) is 18.0. The largest absolute Gasteiger partial charge is 0.450 e. The molecule has 3 aromatic rings. The van der Waals surface area contributed by atoms with Crippen molar-refractivity contribution in [2.24, 2.45) is 0 Å². The Morgan fingerprint density at radius 1 is 1.12 bits per heavy atom. The van der Waals surface area contributed by atoms with Crippen molar-refractivity contribution in [2.45, 2.75) is 39.7 Å². The number of carbonyl (C=O) groups is 1. The van der Waals surface area contributed by atoms with Crippen LogP contribution >= 0.6 is 0 Å². The molecule has 3 rings (SSSR count). The first-order chi connectivity index (χ1) is 11.9. The Morgan fingerprint density at radius 2 is 1.88 bits per heavy atom. The summed E-state index contributed by atoms with van der Waals surface area (Å²) in [5, 5.41) is 8.44. The predicted molar refractivity (Wildman–Crippen MR) is 102 cm³/mol. The lowest BCUT2D eigenvalue weighted by Crippen LogP contribution is -2.94. The Balaban J connectivity index is 1.74. The molecule has 4 heteroatoms. The van der Waals surface area contributed by atoms with Gasteiger partial charge in [0, 0.05) is 29.3 Å². The van der Waals surface area contributed by atoms with Gasteiger partial charge in [-0.2, -0.15) is 0 Å². The van der Waals surface area contributed by atoms with E-state index in [1.165, 1.54) is 0 Å². The van der Waals surface area contributed by atoms with Gasteiger partial charge in [0.05, 0.1) is 12.1 Å². The van der Waals surface area contributed by atoms with Crippen LogP contribution in [-0.4, -0.2) is 24.5 Å². The summed E-state index contributed by atoms with van der Waals surface area (Å²) in [5.41, 5.74) is 1.92. The molecule has 4 nitrogen and oxygen atoms in total. The van der Waals surface area contributed by atoms with E-state index in [4.69, 9.17) is 4.42 Å². The summed E-state index contributed by atoms with van der Waals surface area (Å²) in [6.45, 7) is 10.2. The fraction of sp³-hybridized carbons (Fsp3) is 0.381. The van der Waals surface area contributed by atoms with Gasteiger partial charge >= 0.3 is 0 Å². The molecule has 0 aliphatic heterocycles. The maximum absolute atomic E-state index is 12.5. The molecule has 3 N–H and O–H groups in total. The van der Waals surface area contributed by atoms with Gasteiger partial charge in [0.2, 0.25) is 0 Å². The van der Waals surface area contributed by atoms with E-state index in [2.05, 4.69) is 43.5 Å². The average Bonchev–Trinajstić information content (AvgIpc) is 2.91. The maximum Gasteiger partial charge on any atom is 0.287 e. The molecular formula is C21H27N2O2+. The standard InChI is InChI=1S/C21H26N2O2/c1-14-16-11-10-15-8-5-6-9-17(15)19(16)25-18(14)20(24)22-12-7-13-23-21(2,3)4/h5-6,8-11,23H,7,12-13H2,1-4H3,(H,22,24)/p+1. The number of amides is 1. The lowest BCUT2D eigenvalue weighted by Gasteiger charge is -2.16. The van der Waals surface area contributed by atoms with Crippen molar-refractivity contribution in [2.75, 3.05) is 13.1 Å². The third-order valence-corrected chi connectivity index (χ3v) is 4.46. The van der Waals surface area contributed by atoms with Crippen molar-refractivity contribution in [3.63, 3.8) is 0 Å². The first kappa shape index (κ1) is 17.5. The number of benzene rings is 2. The van der Waals surface area contributed by atoms with Gasteiger partial charge in [-0.3, -0.25) is 4.79 Å². The molecule has 1 heterocycles. The van der Waals surface area contributed by atoms with Crippen LogP contribution in [0.15, 0.2) is 40.8 Å². The molecule has 1 amide bonds. The second kappa shape index (κ2) is 6.89. The van der Waals surface area contributed by atoms with Crippen molar-refractivity contribution < 1.29 is 14.5 Å². The monoisotopic (exact) mass is 339 g/mol. The molecule has 0 saturated carbocycles. The third kappa shape index (κ3) is 3.85. The van der Waals surface area contributed by atoms with Crippen LogP contribution in [0.2, 0.25) is 0 Å². The van der Waals surface area contributed by atoms with Gasteiger partial charge in [0.15, 0.2) is 5.76 Å². The molecule has 2 aromatic carbocycles. The molecule has 1 aromatic heterocycles. The highest BCUT2D eigenvalue weighted by Gasteiger charge is 2.19. The van der Waals surface area contributed by atoms with E-state index in [0.717, 1.165) is 40.3 Å². The van der Waals surface area contributed by atoms with E-state index in [1.54, 1.807) is 0 Å². The van der Waals surface area contributed by atoms with Gasteiger partial charge < -0.3 is 15.1 Å². The predicted octanol–water partition coefficient (Wildman–Crippen LogP) is 3.38. The van der Waals surface area contributed by atoms with Gasteiger partial charge in [-0.25, -0.2) is 0 Å². The van der Waals surface area contributed by atoms with Crippen LogP contribution in [0.4, 0.5) is 0 Å². The van der Waals surface area contributed by atoms with E-state index in [1.807, 2.05) is 31.2 Å². The fourth-order valence-electron chi connectivity index (χ4n) is 3.09. The summed E-state index contributed by atoms with van der Waals surface area (Å²) in [6, 6.07) is 12.2. The van der Waals surface area contributed by atoms with Gasteiger partial charge in [0.25, 0.3) is 5.91 Å². The van der Waals surface area contributed by atoms with E-state index in [0.29, 0.717) is 12.3 Å². The summed E-state index contributed by atoms with van der Waals surface area (Å²) in [6.07, 6.45) is 0.936. The highest BCUT2D eigenvalue weighted by molar-refractivity contribution is 6.08. The fourth-order valence-corrected chi connectivity index (χ4v) is 3.09. The summed E-state index contributed by atoms with van der Waals surface area (Å²) in [4.78, 5) is 12.5. The minimum Gasteiger partial charge on any atom is -0.450 e. The Hall–Kier alpha value is -2.33. The van der Waals surface area contributed by atoms with Crippen LogP contribution in [0.5, 0.6) is 0 Å². The number of aryl methyl sites for hydroxylation is 1. The Kier molecular flexibility index (Phi) is 4.82. The van der Waals surface area contributed by atoms with E-state index >= 15 is 0 Å². The lowest BCUT2D eigenvalue weighted by molar-refractivity contribution is -0.717. The zero-order valence-corrected chi connectivity index (χ0v) is 15.5. The molecule has 0 radical (unpaired) electrons. The first-order valence-corrected chi connectivity index (χ1v) is 8.90. The molecule has 0 unspecified atom stereocenters. The minimum atomic E-state index is -0.131. The highest BCUT2D eigenvalue weighted by Crippen LogP contribution is 2.31. The van der Waals surface area contributed by atoms with Crippen molar-refractivity contribution in [1.82, 2.24) is 5.32 Å². The summed E-state index contributed by atoms with van der Waals surface area (Å²) in [5.74, 6) is 0.291. The molecule has 0 saturated heterocycles. The summed E-state index contributed by atoms with van der Waals surface area (Å²) < 4.78 is 5.97. The van der Waals surface area contributed by atoms with E-state index < -0.39 is 0 Å². The van der Waals surface area contributed by atoms with Crippen LogP contribution in [0, 0.1) is 6.92 Å². The maximum atomic E-state index is 12.5. The number of hydrogen-bond donors (Lipinski definition) is 2. The number of carbonyl (C=O) groups excluding carboxylic acids is 1. The molecular weight excluding hydrogens is 312 g/mol. The Bertz CT molecular complexity index is 903. The van der Waals surface area contributed by atoms with Gasteiger partial charge in [-0.1, -0.05) is 36.4 Å². The van der Waals surface area contributed by atoms with Crippen LogP contribution in [0.1, 0.15) is 43.3 Å². The van der Waals surface area contributed by atoms with Crippen LogP contribution < -0.4 is 10.6 Å². The number of nitrogens with two attached hydrogens (primary N) is 1. The van der Waals surface area contributed by atoms with E-state index in [-0.39, 0.29) is 11.4 Å². The van der Waals surface area contributed by atoms with Gasteiger partial charge in [-0.05, 0) is 33.1 Å². The van der Waals surface area contributed by atoms with Crippen LogP contribution in [0.3, 0.4) is 0 Å². The SMILES string of the molecule is Cc1c(C(=O)NCCC[NH2+]C(C)(C)C)oc2c1ccc1ccccc12. The van der Waals surface area contributed by atoms with Crippen LogP contribution in [-0.2, 0) is 0 Å². The van der Waals surface area contributed by atoms with Gasteiger partial charge in [-0.15, -0.1) is 0 Å². The molecule has 0 fully saturated rings. The molecule has 0 bridgehead atoms. The highest BCUT2D eigenvalue weighted by atomic mass is 16.3. The first-order valence-electron chi connectivity index (χ1n) is 8.90. The molecule has 0 aliphatic carbocycles. The summed E-state index contributed by atoms with van der Waals surface area (Å²) >= 11 is 0. The smallest absolute Gasteiger partial charge is 0.287 e. The molecule has 25 heavy (non-hydrogen) atoms. The third-order valence-electron chi connectivity index (χ3n) is 4.46. The molecule has 0 atom stereocenters. The zero-order valence-electron chi connectivity index (χ0n) is 15.5. The lowest BCUT2D eigenvalue weighted by atomic mass is 10.1. The quantitative estimate of drug-likeness (QED) is 0.700. The average molecular weight is 339 g/mol. The number of furan rings is 1. The molecule has 0 aliphatic rings. The summed E-state index contributed by atoms with van der Waals surface area (Å²) in [7, 11) is 0. The molecule has 132 valence electrons. The van der Waals surface area contributed by atoms with Crippen molar-refractivity contribution in [3.8, 4) is 0 Å². The van der Waals surface area contributed by atoms with Crippen molar-refractivity contribution >= 4 is 27.6 Å². The van der Waals surface area contributed by atoms with E-state index in [9.17, 15) is 4.79 Å².